The van der Waals surface area contributed by atoms with Crippen molar-refractivity contribution in [3.05, 3.63) is 28.5 Å². The molecule has 2 aromatic rings. The summed E-state index contributed by atoms with van der Waals surface area (Å²) >= 11 is 5.03. The van der Waals surface area contributed by atoms with Gasteiger partial charge in [-0.1, -0.05) is 12.2 Å². The molecule has 0 radical (unpaired) electrons. The van der Waals surface area contributed by atoms with Gasteiger partial charge in [0.15, 0.2) is 0 Å². The van der Waals surface area contributed by atoms with Crippen LogP contribution < -0.4 is 0 Å². The molecule has 2 aromatic heterocycles. The van der Waals surface area contributed by atoms with E-state index < -0.39 is 5.97 Å². The number of ether oxygens (including phenoxy) is 1. The summed E-state index contributed by atoms with van der Waals surface area (Å²) in [5.41, 5.74) is 1.30. The van der Waals surface area contributed by atoms with Crippen LogP contribution in [0.15, 0.2) is 18.3 Å². The minimum atomic E-state index is -0.476. The van der Waals surface area contributed by atoms with Crippen LogP contribution in [0.4, 0.5) is 0 Å². The molecule has 0 unspecified atom stereocenters. The largest absolute Gasteiger partial charge is 0.462 e. The highest BCUT2D eigenvalue weighted by Gasteiger charge is 2.19. The average molecular weight is 250 g/mol. The van der Waals surface area contributed by atoms with Crippen LogP contribution in [0.25, 0.3) is 11.4 Å². The van der Waals surface area contributed by atoms with Crippen molar-refractivity contribution in [3.8, 4) is 11.4 Å². The summed E-state index contributed by atoms with van der Waals surface area (Å²) in [6.07, 6.45) is 1.55. The molecule has 0 aliphatic carbocycles. The van der Waals surface area contributed by atoms with Crippen molar-refractivity contribution in [2.75, 3.05) is 6.61 Å². The fourth-order valence-electron chi connectivity index (χ4n) is 1.38. The fraction of sp³-hybridized carbons (Fsp3) is 0.200. The highest BCUT2D eigenvalue weighted by molar-refractivity contribution is 7.71. The SMILES string of the molecule is CCOC(=O)c1c(-c2cccnn2)[nH][nH]c1=S. The Bertz CT molecular complexity index is 575. The Labute approximate surface area is 102 Å². The molecule has 6 nitrogen and oxygen atoms in total. The van der Waals surface area contributed by atoms with E-state index in [2.05, 4.69) is 20.4 Å². The molecule has 17 heavy (non-hydrogen) atoms. The van der Waals surface area contributed by atoms with Crippen LogP contribution in [-0.4, -0.2) is 33.0 Å². The molecule has 0 aromatic carbocycles. The molecule has 0 amide bonds. The molecule has 7 heteroatoms. The number of carbonyl (C=O) groups is 1. The summed E-state index contributed by atoms with van der Waals surface area (Å²) in [5, 5.41) is 13.2. The topological polar surface area (TPSA) is 83.7 Å². The van der Waals surface area contributed by atoms with Crippen molar-refractivity contribution in [1.82, 2.24) is 20.4 Å². The summed E-state index contributed by atoms with van der Waals surface area (Å²) in [6, 6.07) is 3.45. The van der Waals surface area contributed by atoms with Gasteiger partial charge in [-0.3, -0.25) is 10.2 Å². The van der Waals surface area contributed by atoms with Gasteiger partial charge < -0.3 is 4.74 Å². The lowest BCUT2D eigenvalue weighted by Crippen LogP contribution is -2.06. The number of nitrogens with one attached hydrogen (secondary N) is 2. The number of rotatable bonds is 3. The van der Waals surface area contributed by atoms with Crippen molar-refractivity contribution in [3.63, 3.8) is 0 Å². The molecule has 0 saturated carbocycles. The first-order chi connectivity index (χ1) is 8.24. The second kappa shape index (κ2) is 4.88. The predicted octanol–water partition coefficient (Wildman–Crippen LogP) is 1.71. The Kier molecular flexibility index (Phi) is 3.29. The second-order valence-corrected chi connectivity index (χ2v) is 3.57. The fourth-order valence-corrected chi connectivity index (χ4v) is 1.62. The van der Waals surface area contributed by atoms with E-state index in [1.54, 1.807) is 25.3 Å². The predicted molar refractivity (Wildman–Crippen MR) is 63.0 cm³/mol. The number of aromatic nitrogens is 4. The van der Waals surface area contributed by atoms with Crippen molar-refractivity contribution >= 4 is 18.2 Å². The molecule has 2 N–H and O–H groups in total. The molecule has 2 heterocycles. The van der Waals surface area contributed by atoms with Crippen molar-refractivity contribution in [1.29, 1.82) is 0 Å². The molecular formula is C10H10N4O2S. The maximum absolute atomic E-state index is 11.7. The maximum atomic E-state index is 11.7. The van der Waals surface area contributed by atoms with Gasteiger partial charge in [0.05, 0.1) is 12.3 Å². The Balaban J connectivity index is 2.50. The van der Waals surface area contributed by atoms with Gasteiger partial charge in [0, 0.05) is 6.20 Å². The van der Waals surface area contributed by atoms with E-state index >= 15 is 0 Å². The van der Waals surface area contributed by atoms with Crippen LogP contribution in [0.3, 0.4) is 0 Å². The third kappa shape index (κ3) is 2.23. The number of esters is 1. The Hall–Kier alpha value is -2.02. The van der Waals surface area contributed by atoms with Crippen LogP contribution in [0.5, 0.6) is 0 Å². The maximum Gasteiger partial charge on any atom is 0.343 e. The monoisotopic (exact) mass is 250 g/mol. The van der Waals surface area contributed by atoms with Gasteiger partial charge in [-0.2, -0.15) is 5.10 Å². The third-order valence-electron chi connectivity index (χ3n) is 2.09. The van der Waals surface area contributed by atoms with Gasteiger partial charge in [0.25, 0.3) is 0 Å². The minimum Gasteiger partial charge on any atom is -0.462 e. The van der Waals surface area contributed by atoms with E-state index in [-0.39, 0.29) is 5.56 Å². The van der Waals surface area contributed by atoms with Crippen LogP contribution in [0.1, 0.15) is 17.3 Å². The van der Waals surface area contributed by atoms with E-state index in [9.17, 15) is 4.79 Å². The Morgan fingerprint density at radius 1 is 1.53 bits per heavy atom. The zero-order chi connectivity index (χ0) is 12.3. The van der Waals surface area contributed by atoms with E-state index in [1.165, 1.54) is 0 Å². The zero-order valence-electron chi connectivity index (χ0n) is 9.06. The van der Waals surface area contributed by atoms with Crippen LogP contribution in [0.2, 0.25) is 0 Å². The average Bonchev–Trinajstić information content (AvgIpc) is 2.73. The lowest BCUT2D eigenvalue weighted by atomic mass is 10.2. The van der Waals surface area contributed by atoms with E-state index in [0.717, 1.165) is 0 Å². The van der Waals surface area contributed by atoms with Crippen molar-refractivity contribution in [2.45, 2.75) is 6.92 Å². The Morgan fingerprint density at radius 3 is 3.00 bits per heavy atom. The molecule has 0 bridgehead atoms. The molecule has 0 aliphatic heterocycles. The number of carbonyl (C=O) groups excluding carboxylic acids is 1. The standard InChI is InChI=1S/C10H10N4O2S/c1-2-16-10(15)7-8(13-14-9(7)17)6-4-3-5-11-12-6/h3-5H,2H2,1H3,(H2,13,14,17). The van der Waals surface area contributed by atoms with E-state index in [4.69, 9.17) is 17.0 Å². The van der Waals surface area contributed by atoms with E-state index in [0.29, 0.717) is 22.6 Å². The quantitative estimate of drug-likeness (QED) is 0.640. The number of hydrogen-bond acceptors (Lipinski definition) is 5. The normalized spacial score (nSPS) is 10.2. The first-order valence-corrected chi connectivity index (χ1v) is 5.40. The number of H-pyrrole nitrogens is 2. The third-order valence-corrected chi connectivity index (χ3v) is 2.39. The summed E-state index contributed by atoms with van der Waals surface area (Å²) < 4.78 is 5.23. The van der Waals surface area contributed by atoms with Gasteiger partial charge in [-0.25, -0.2) is 4.79 Å². The van der Waals surface area contributed by atoms with Gasteiger partial charge in [0.1, 0.15) is 15.9 Å². The molecule has 0 aliphatic rings. The molecule has 0 atom stereocenters. The molecule has 0 spiro atoms. The van der Waals surface area contributed by atoms with Gasteiger partial charge in [0.2, 0.25) is 0 Å². The molecule has 0 saturated heterocycles. The van der Waals surface area contributed by atoms with Crippen LogP contribution >= 0.6 is 12.2 Å². The number of hydrogen-bond donors (Lipinski definition) is 2. The smallest absolute Gasteiger partial charge is 0.343 e. The Morgan fingerprint density at radius 2 is 2.35 bits per heavy atom. The number of nitrogens with zero attached hydrogens (tertiary/aromatic N) is 2. The lowest BCUT2D eigenvalue weighted by Gasteiger charge is -2.01. The first-order valence-electron chi connectivity index (χ1n) is 5.00. The second-order valence-electron chi connectivity index (χ2n) is 3.16. The van der Waals surface area contributed by atoms with Gasteiger partial charge in [-0.15, -0.1) is 5.10 Å². The molecule has 88 valence electrons. The molecular weight excluding hydrogens is 240 g/mol. The van der Waals surface area contributed by atoms with Crippen molar-refractivity contribution in [2.24, 2.45) is 0 Å². The minimum absolute atomic E-state index is 0.280. The zero-order valence-corrected chi connectivity index (χ0v) is 9.87. The van der Waals surface area contributed by atoms with Gasteiger partial charge >= 0.3 is 5.97 Å². The molecule has 2 rings (SSSR count). The number of aromatic amines is 2. The summed E-state index contributed by atoms with van der Waals surface area (Å²) in [6.45, 7) is 2.03. The van der Waals surface area contributed by atoms with Crippen LogP contribution in [0, 0.1) is 4.64 Å². The van der Waals surface area contributed by atoms with Crippen molar-refractivity contribution < 1.29 is 9.53 Å². The van der Waals surface area contributed by atoms with Crippen LogP contribution in [-0.2, 0) is 4.74 Å². The highest BCUT2D eigenvalue weighted by atomic mass is 32.1. The summed E-state index contributed by atoms with van der Waals surface area (Å²) in [4.78, 5) is 11.7. The van der Waals surface area contributed by atoms with E-state index in [1.807, 2.05) is 0 Å². The summed E-state index contributed by atoms with van der Waals surface area (Å²) in [5.74, 6) is -0.476. The highest BCUT2D eigenvalue weighted by Crippen LogP contribution is 2.19. The molecule has 0 fully saturated rings. The first kappa shape index (κ1) is 11.5. The summed E-state index contributed by atoms with van der Waals surface area (Å²) in [7, 11) is 0. The van der Waals surface area contributed by atoms with Gasteiger partial charge in [-0.05, 0) is 19.1 Å². The lowest BCUT2D eigenvalue weighted by molar-refractivity contribution is 0.0526.